The normalized spacial score (nSPS) is 12.8. The number of anilines is 1. The predicted molar refractivity (Wildman–Crippen MR) is 78.0 cm³/mol. The summed E-state index contributed by atoms with van der Waals surface area (Å²) in [5, 5.41) is 0. The number of nitrogens with zero attached hydrogens (tertiary/aromatic N) is 1. The van der Waals surface area contributed by atoms with Crippen LogP contribution in [0.15, 0.2) is 24.3 Å². The van der Waals surface area contributed by atoms with Gasteiger partial charge in [0.1, 0.15) is 0 Å². The highest BCUT2D eigenvalue weighted by molar-refractivity contribution is 5.54. The molecule has 0 aliphatic heterocycles. The van der Waals surface area contributed by atoms with Crippen LogP contribution in [0, 0.1) is 0 Å². The van der Waals surface area contributed by atoms with Crippen LogP contribution in [-0.4, -0.2) is 26.3 Å². The maximum absolute atomic E-state index is 6.15. The molecule has 0 spiro atoms. The van der Waals surface area contributed by atoms with E-state index in [1.807, 2.05) is 6.07 Å². The molecule has 1 aromatic carbocycles. The van der Waals surface area contributed by atoms with Crippen LogP contribution < -0.4 is 10.6 Å². The third-order valence-electron chi connectivity index (χ3n) is 3.07. The zero-order chi connectivity index (χ0) is 13.5. The maximum Gasteiger partial charge on any atom is 0.0644 e. The largest absolute Gasteiger partial charge is 0.377 e. The lowest BCUT2D eigenvalue weighted by atomic mass is 10.0. The SMILES string of the molecule is CC[C@@H](N)c1ccccc1N(C)CCOC(C)C. The Bertz CT molecular complexity index is 352. The van der Waals surface area contributed by atoms with Crippen molar-refractivity contribution in [2.24, 2.45) is 5.73 Å². The molecule has 0 bridgehead atoms. The molecule has 0 heterocycles. The minimum absolute atomic E-state index is 0.106. The van der Waals surface area contributed by atoms with Crippen molar-refractivity contribution in [3.63, 3.8) is 0 Å². The standard InChI is InChI=1S/C15H26N2O/c1-5-14(16)13-8-6-7-9-15(13)17(4)10-11-18-12(2)3/h6-9,12,14H,5,10-11,16H2,1-4H3/t14-/m1/s1. The molecule has 0 aliphatic rings. The molecule has 3 nitrogen and oxygen atoms in total. The van der Waals surface area contributed by atoms with E-state index in [1.54, 1.807) is 0 Å². The van der Waals surface area contributed by atoms with Crippen molar-refractivity contribution in [2.75, 3.05) is 25.1 Å². The van der Waals surface area contributed by atoms with Crippen molar-refractivity contribution in [3.05, 3.63) is 29.8 Å². The van der Waals surface area contributed by atoms with Crippen LogP contribution in [-0.2, 0) is 4.74 Å². The highest BCUT2D eigenvalue weighted by atomic mass is 16.5. The van der Waals surface area contributed by atoms with E-state index < -0.39 is 0 Å². The van der Waals surface area contributed by atoms with Crippen molar-refractivity contribution in [2.45, 2.75) is 39.3 Å². The van der Waals surface area contributed by atoms with Gasteiger partial charge in [-0.2, -0.15) is 0 Å². The highest BCUT2D eigenvalue weighted by Crippen LogP contribution is 2.25. The highest BCUT2D eigenvalue weighted by Gasteiger charge is 2.11. The lowest BCUT2D eigenvalue weighted by Gasteiger charge is -2.25. The van der Waals surface area contributed by atoms with E-state index in [0.29, 0.717) is 0 Å². The molecule has 0 saturated heterocycles. The molecule has 0 amide bonds. The first-order valence-electron chi connectivity index (χ1n) is 6.73. The summed E-state index contributed by atoms with van der Waals surface area (Å²) in [6, 6.07) is 8.45. The molecule has 0 saturated carbocycles. The molecular formula is C15H26N2O. The van der Waals surface area contributed by atoms with E-state index >= 15 is 0 Å². The third kappa shape index (κ3) is 4.31. The van der Waals surface area contributed by atoms with E-state index in [0.717, 1.165) is 19.6 Å². The smallest absolute Gasteiger partial charge is 0.0644 e. The van der Waals surface area contributed by atoms with E-state index in [9.17, 15) is 0 Å². The Hall–Kier alpha value is -1.06. The first-order chi connectivity index (χ1) is 8.56. The van der Waals surface area contributed by atoms with Crippen LogP contribution in [0.1, 0.15) is 38.8 Å². The Morgan fingerprint density at radius 2 is 1.94 bits per heavy atom. The number of rotatable bonds is 7. The molecule has 0 aromatic heterocycles. The fourth-order valence-electron chi connectivity index (χ4n) is 1.91. The van der Waals surface area contributed by atoms with E-state index in [2.05, 4.69) is 50.9 Å². The van der Waals surface area contributed by atoms with Gasteiger partial charge in [-0.1, -0.05) is 25.1 Å². The van der Waals surface area contributed by atoms with Gasteiger partial charge >= 0.3 is 0 Å². The zero-order valence-electron chi connectivity index (χ0n) is 12.0. The Labute approximate surface area is 111 Å². The minimum Gasteiger partial charge on any atom is -0.377 e. The maximum atomic E-state index is 6.15. The van der Waals surface area contributed by atoms with Crippen molar-refractivity contribution < 1.29 is 4.74 Å². The minimum atomic E-state index is 0.106. The summed E-state index contributed by atoms with van der Waals surface area (Å²) in [4.78, 5) is 2.22. The Kier molecular flexibility index (Phi) is 6.16. The van der Waals surface area contributed by atoms with Crippen LogP contribution >= 0.6 is 0 Å². The van der Waals surface area contributed by atoms with E-state index in [4.69, 9.17) is 10.5 Å². The van der Waals surface area contributed by atoms with Crippen molar-refractivity contribution in [1.29, 1.82) is 0 Å². The van der Waals surface area contributed by atoms with E-state index in [-0.39, 0.29) is 12.1 Å². The lowest BCUT2D eigenvalue weighted by molar-refractivity contribution is 0.0846. The Morgan fingerprint density at radius 3 is 2.56 bits per heavy atom. The number of benzene rings is 1. The van der Waals surface area contributed by atoms with Crippen LogP contribution in [0.3, 0.4) is 0 Å². The zero-order valence-corrected chi connectivity index (χ0v) is 12.0. The quantitative estimate of drug-likeness (QED) is 0.808. The summed E-state index contributed by atoms with van der Waals surface area (Å²) in [5.74, 6) is 0. The molecule has 1 rings (SSSR count). The number of ether oxygens (including phenoxy) is 1. The van der Waals surface area contributed by atoms with Gasteiger partial charge in [-0.3, -0.25) is 0 Å². The summed E-state index contributed by atoms with van der Waals surface area (Å²) >= 11 is 0. The average molecular weight is 250 g/mol. The number of nitrogens with two attached hydrogens (primary N) is 1. The van der Waals surface area contributed by atoms with Gasteiger partial charge in [0.25, 0.3) is 0 Å². The number of para-hydroxylation sites is 1. The second-order valence-corrected chi connectivity index (χ2v) is 4.91. The van der Waals surface area contributed by atoms with Crippen molar-refractivity contribution in [3.8, 4) is 0 Å². The number of likely N-dealkylation sites (N-methyl/N-ethyl adjacent to an activating group) is 1. The summed E-state index contributed by atoms with van der Waals surface area (Å²) < 4.78 is 5.59. The van der Waals surface area contributed by atoms with Gasteiger partial charge in [-0.15, -0.1) is 0 Å². The third-order valence-corrected chi connectivity index (χ3v) is 3.07. The first-order valence-corrected chi connectivity index (χ1v) is 6.73. The van der Waals surface area contributed by atoms with Crippen LogP contribution in [0.25, 0.3) is 0 Å². The lowest BCUT2D eigenvalue weighted by Crippen LogP contribution is -2.26. The molecular weight excluding hydrogens is 224 g/mol. The molecule has 0 fully saturated rings. The molecule has 102 valence electrons. The van der Waals surface area contributed by atoms with Crippen LogP contribution in [0.2, 0.25) is 0 Å². The van der Waals surface area contributed by atoms with Gasteiger partial charge in [-0.05, 0) is 31.9 Å². The van der Waals surface area contributed by atoms with Crippen molar-refractivity contribution in [1.82, 2.24) is 0 Å². The molecule has 3 heteroatoms. The summed E-state index contributed by atoms with van der Waals surface area (Å²) in [6.45, 7) is 7.85. The second-order valence-electron chi connectivity index (χ2n) is 4.91. The molecule has 2 N–H and O–H groups in total. The van der Waals surface area contributed by atoms with Gasteiger partial charge in [-0.25, -0.2) is 0 Å². The number of hydrogen-bond acceptors (Lipinski definition) is 3. The topological polar surface area (TPSA) is 38.5 Å². The Balaban J connectivity index is 2.69. The van der Waals surface area contributed by atoms with Gasteiger partial charge in [0.05, 0.1) is 12.7 Å². The predicted octanol–water partition coefficient (Wildman–Crippen LogP) is 2.96. The molecule has 0 unspecified atom stereocenters. The fraction of sp³-hybridized carbons (Fsp3) is 0.600. The number of hydrogen-bond donors (Lipinski definition) is 1. The fourth-order valence-corrected chi connectivity index (χ4v) is 1.91. The summed E-state index contributed by atoms with van der Waals surface area (Å²) in [7, 11) is 2.09. The molecule has 1 atom stereocenters. The average Bonchev–Trinajstić information content (AvgIpc) is 2.37. The molecule has 0 aliphatic carbocycles. The van der Waals surface area contributed by atoms with Crippen LogP contribution in [0.4, 0.5) is 5.69 Å². The van der Waals surface area contributed by atoms with Gasteiger partial charge < -0.3 is 15.4 Å². The Morgan fingerprint density at radius 1 is 1.28 bits per heavy atom. The summed E-state index contributed by atoms with van der Waals surface area (Å²) in [5.41, 5.74) is 8.57. The first kappa shape index (κ1) is 15.0. The van der Waals surface area contributed by atoms with Gasteiger partial charge in [0.15, 0.2) is 0 Å². The monoisotopic (exact) mass is 250 g/mol. The van der Waals surface area contributed by atoms with E-state index in [1.165, 1.54) is 11.3 Å². The van der Waals surface area contributed by atoms with Gasteiger partial charge in [0.2, 0.25) is 0 Å². The second kappa shape index (κ2) is 7.39. The van der Waals surface area contributed by atoms with Crippen molar-refractivity contribution >= 4 is 5.69 Å². The molecule has 18 heavy (non-hydrogen) atoms. The molecule has 1 aromatic rings. The molecule has 0 radical (unpaired) electrons. The van der Waals surface area contributed by atoms with Crippen LogP contribution in [0.5, 0.6) is 0 Å². The summed E-state index contributed by atoms with van der Waals surface area (Å²) in [6.07, 6.45) is 1.24. The van der Waals surface area contributed by atoms with Gasteiger partial charge in [0, 0.05) is 25.3 Å².